The number of benzene rings is 3. The molecule has 0 bridgehead atoms. The third-order valence-electron chi connectivity index (χ3n) is 4.07. The Morgan fingerprint density at radius 2 is 1.38 bits per heavy atom. The average Bonchev–Trinajstić information content (AvgIpc) is 2.89. The van der Waals surface area contributed by atoms with Gasteiger partial charge in [0.05, 0.1) is 5.70 Å². The minimum atomic E-state index is -0.0184. The summed E-state index contributed by atoms with van der Waals surface area (Å²) in [5.74, 6) is -0.0184. The second kappa shape index (κ2) is 5.99. The van der Waals surface area contributed by atoms with Crippen LogP contribution in [0, 0.1) is 0 Å². The zero-order valence-electron chi connectivity index (χ0n) is 12.8. The highest BCUT2D eigenvalue weighted by atomic mass is 35.5. The van der Waals surface area contributed by atoms with Gasteiger partial charge >= 0.3 is 0 Å². The van der Waals surface area contributed by atoms with Crippen LogP contribution in [0.4, 0.5) is 5.69 Å². The molecule has 1 aliphatic heterocycles. The predicted molar refractivity (Wildman–Crippen MR) is 99.0 cm³/mol. The van der Waals surface area contributed by atoms with Gasteiger partial charge in [0.2, 0.25) is 0 Å². The first-order valence-corrected chi connectivity index (χ1v) is 8.08. The molecule has 4 rings (SSSR count). The number of anilines is 1. The summed E-state index contributed by atoms with van der Waals surface area (Å²) in [6, 6.07) is 25.0. The lowest BCUT2D eigenvalue weighted by Gasteiger charge is -2.19. The van der Waals surface area contributed by atoms with Gasteiger partial charge in [0, 0.05) is 21.8 Å². The highest BCUT2D eigenvalue weighted by Gasteiger charge is 2.32. The maximum atomic E-state index is 12.9. The minimum Gasteiger partial charge on any atom is -0.276 e. The van der Waals surface area contributed by atoms with Crippen LogP contribution < -0.4 is 4.90 Å². The molecule has 0 aromatic heterocycles. The predicted octanol–water partition coefficient (Wildman–Crippen LogP) is 5.50. The van der Waals surface area contributed by atoms with Crippen molar-refractivity contribution in [1.82, 2.24) is 0 Å². The van der Waals surface area contributed by atoms with Gasteiger partial charge in [0.15, 0.2) is 0 Å². The van der Waals surface area contributed by atoms with E-state index in [-0.39, 0.29) is 5.91 Å². The number of carbonyl (C=O) groups is 1. The molecule has 0 aliphatic carbocycles. The molecule has 3 aromatic rings. The van der Waals surface area contributed by atoms with E-state index in [1.165, 1.54) is 0 Å². The van der Waals surface area contributed by atoms with Crippen LogP contribution in [0.3, 0.4) is 0 Å². The fourth-order valence-corrected chi connectivity index (χ4v) is 3.07. The summed E-state index contributed by atoms with van der Waals surface area (Å²) in [7, 11) is 0. The van der Waals surface area contributed by atoms with Crippen LogP contribution in [0.5, 0.6) is 0 Å². The van der Waals surface area contributed by atoms with Crippen LogP contribution >= 0.6 is 11.6 Å². The third kappa shape index (κ3) is 2.51. The van der Waals surface area contributed by atoms with Gasteiger partial charge in [-0.15, -0.1) is 0 Å². The number of halogens is 1. The number of rotatable bonds is 2. The summed E-state index contributed by atoms with van der Waals surface area (Å²) < 4.78 is 0. The van der Waals surface area contributed by atoms with Crippen molar-refractivity contribution in [3.8, 4) is 0 Å². The Balaban J connectivity index is 1.90. The van der Waals surface area contributed by atoms with Gasteiger partial charge in [-0.05, 0) is 42.0 Å². The summed E-state index contributed by atoms with van der Waals surface area (Å²) in [6.45, 7) is 0. The summed E-state index contributed by atoms with van der Waals surface area (Å²) >= 11 is 5.99. The van der Waals surface area contributed by atoms with Crippen LogP contribution in [0.1, 0.15) is 21.5 Å². The minimum absolute atomic E-state index is 0.0184. The lowest BCUT2D eigenvalue weighted by Crippen LogP contribution is -2.22. The Hall–Kier alpha value is -2.84. The van der Waals surface area contributed by atoms with Crippen molar-refractivity contribution in [2.45, 2.75) is 0 Å². The Labute approximate surface area is 145 Å². The molecule has 1 amide bonds. The molecule has 0 saturated carbocycles. The van der Waals surface area contributed by atoms with Crippen LogP contribution in [-0.2, 0) is 0 Å². The monoisotopic (exact) mass is 331 g/mol. The number of fused-ring (bicyclic) bond motifs is 1. The van der Waals surface area contributed by atoms with Crippen molar-refractivity contribution in [2.75, 3.05) is 4.90 Å². The van der Waals surface area contributed by atoms with E-state index in [2.05, 4.69) is 0 Å². The maximum Gasteiger partial charge on any atom is 0.263 e. The van der Waals surface area contributed by atoms with Gasteiger partial charge in [-0.1, -0.05) is 60.1 Å². The SMILES string of the molecule is O=C1c2ccccc2/C(=C/c2ccccc2)N1c1ccc(Cl)cc1. The van der Waals surface area contributed by atoms with E-state index in [1.807, 2.05) is 72.8 Å². The van der Waals surface area contributed by atoms with Crippen LogP contribution in [0.15, 0.2) is 78.9 Å². The molecule has 3 heteroatoms. The Kier molecular flexibility index (Phi) is 3.68. The molecule has 0 fully saturated rings. The Morgan fingerprint density at radius 3 is 2.08 bits per heavy atom. The second-order valence-electron chi connectivity index (χ2n) is 5.60. The van der Waals surface area contributed by atoms with Crippen LogP contribution in [0.25, 0.3) is 11.8 Å². The smallest absolute Gasteiger partial charge is 0.263 e. The fraction of sp³-hybridized carbons (Fsp3) is 0. The quantitative estimate of drug-likeness (QED) is 0.607. The summed E-state index contributed by atoms with van der Waals surface area (Å²) in [4.78, 5) is 14.7. The maximum absolute atomic E-state index is 12.9. The topological polar surface area (TPSA) is 20.3 Å². The second-order valence-corrected chi connectivity index (χ2v) is 6.04. The molecule has 0 radical (unpaired) electrons. The fourth-order valence-electron chi connectivity index (χ4n) is 2.94. The standard InChI is InChI=1S/C21H14ClNO/c22-16-10-12-17(13-11-16)23-20(14-15-6-2-1-3-7-15)18-8-4-5-9-19(18)21(23)24/h1-14H/b20-14-. The van der Waals surface area contributed by atoms with Crippen LogP contribution in [-0.4, -0.2) is 5.91 Å². The van der Waals surface area contributed by atoms with Gasteiger partial charge in [-0.3, -0.25) is 9.69 Å². The molecule has 0 spiro atoms. The first-order chi connectivity index (χ1) is 11.7. The van der Waals surface area contributed by atoms with Gasteiger partial charge in [0.25, 0.3) is 5.91 Å². The number of carbonyl (C=O) groups excluding carboxylic acids is 1. The van der Waals surface area contributed by atoms with Crippen molar-refractivity contribution in [2.24, 2.45) is 0 Å². The Morgan fingerprint density at radius 1 is 0.750 bits per heavy atom. The third-order valence-corrected chi connectivity index (χ3v) is 4.32. The van der Waals surface area contributed by atoms with Gasteiger partial charge in [-0.25, -0.2) is 0 Å². The molecular weight excluding hydrogens is 318 g/mol. The molecule has 0 atom stereocenters. The number of amides is 1. The highest BCUT2D eigenvalue weighted by molar-refractivity contribution is 6.31. The van der Waals surface area contributed by atoms with Crippen LogP contribution in [0.2, 0.25) is 5.02 Å². The first-order valence-electron chi connectivity index (χ1n) is 7.70. The molecule has 1 heterocycles. The Bertz CT molecular complexity index is 930. The van der Waals surface area contributed by atoms with Crippen molar-refractivity contribution in [3.63, 3.8) is 0 Å². The number of hydrogen-bond acceptors (Lipinski definition) is 1. The molecule has 1 aliphatic rings. The molecule has 0 saturated heterocycles. The lowest BCUT2D eigenvalue weighted by molar-refractivity contribution is 0.101. The summed E-state index contributed by atoms with van der Waals surface area (Å²) in [5, 5.41) is 0.650. The largest absolute Gasteiger partial charge is 0.276 e. The van der Waals surface area contributed by atoms with E-state index in [0.717, 1.165) is 28.1 Å². The first kappa shape index (κ1) is 14.7. The van der Waals surface area contributed by atoms with Gasteiger partial charge in [-0.2, -0.15) is 0 Å². The molecule has 3 aromatic carbocycles. The highest BCUT2D eigenvalue weighted by Crippen LogP contribution is 2.38. The molecule has 0 N–H and O–H groups in total. The van der Waals surface area contributed by atoms with E-state index >= 15 is 0 Å². The van der Waals surface area contributed by atoms with Crippen molar-refractivity contribution in [1.29, 1.82) is 0 Å². The molecule has 0 unspecified atom stereocenters. The molecule has 24 heavy (non-hydrogen) atoms. The van der Waals surface area contributed by atoms with E-state index in [0.29, 0.717) is 5.02 Å². The normalized spacial score (nSPS) is 15.0. The lowest BCUT2D eigenvalue weighted by atomic mass is 10.1. The van der Waals surface area contributed by atoms with E-state index in [9.17, 15) is 4.79 Å². The summed E-state index contributed by atoms with van der Waals surface area (Å²) in [5.41, 5.74) is 4.40. The van der Waals surface area contributed by atoms with Crippen molar-refractivity contribution < 1.29 is 4.79 Å². The summed E-state index contributed by atoms with van der Waals surface area (Å²) in [6.07, 6.45) is 2.04. The van der Waals surface area contributed by atoms with E-state index < -0.39 is 0 Å². The average molecular weight is 332 g/mol. The van der Waals surface area contributed by atoms with E-state index in [1.54, 1.807) is 17.0 Å². The van der Waals surface area contributed by atoms with Crippen molar-refractivity contribution in [3.05, 3.63) is 101 Å². The van der Waals surface area contributed by atoms with Gasteiger partial charge in [0.1, 0.15) is 0 Å². The molecule has 2 nitrogen and oxygen atoms in total. The number of hydrogen-bond donors (Lipinski definition) is 0. The number of nitrogens with zero attached hydrogens (tertiary/aromatic N) is 1. The van der Waals surface area contributed by atoms with E-state index in [4.69, 9.17) is 11.6 Å². The van der Waals surface area contributed by atoms with Gasteiger partial charge < -0.3 is 0 Å². The zero-order chi connectivity index (χ0) is 16.5. The molecule has 116 valence electrons. The molecular formula is C21H14ClNO. The van der Waals surface area contributed by atoms with Crippen molar-refractivity contribution >= 4 is 35.0 Å². The zero-order valence-corrected chi connectivity index (χ0v) is 13.6.